The Labute approximate surface area is 168 Å². The first-order valence-electron chi connectivity index (χ1n) is 9.22. The number of hydrazone groups is 1. The number of nitrogens with one attached hydrogen (secondary N) is 1. The second-order valence-corrected chi connectivity index (χ2v) is 7.49. The van der Waals surface area contributed by atoms with Gasteiger partial charge in [0.25, 0.3) is 0 Å². The van der Waals surface area contributed by atoms with Crippen molar-refractivity contribution in [2.24, 2.45) is 5.10 Å². The number of anilines is 1. The Balaban J connectivity index is 1.61. The minimum Gasteiger partial charge on any atom is -0.493 e. The van der Waals surface area contributed by atoms with Crippen LogP contribution in [0.5, 0.6) is 5.75 Å². The number of hydrogen-bond acceptors (Lipinski definition) is 5. The Morgan fingerprint density at radius 1 is 1.04 bits per heavy atom. The molecule has 1 N–H and O–H groups in total. The van der Waals surface area contributed by atoms with Gasteiger partial charge in [0.15, 0.2) is 0 Å². The Morgan fingerprint density at radius 3 is 2.64 bits per heavy atom. The van der Waals surface area contributed by atoms with Crippen LogP contribution in [-0.4, -0.2) is 17.8 Å². The highest BCUT2D eigenvalue weighted by Gasteiger charge is 2.10. The molecular formula is C23H21N3OS. The molecule has 140 valence electrons. The van der Waals surface area contributed by atoms with Crippen molar-refractivity contribution in [2.75, 3.05) is 12.0 Å². The van der Waals surface area contributed by atoms with E-state index in [0.717, 1.165) is 43.4 Å². The number of nitrogens with zero attached hydrogens (tertiary/aromatic N) is 2. The van der Waals surface area contributed by atoms with Crippen molar-refractivity contribution >= 4 is 33.5 Å². The number of thiazole rings is 1. The van der Waals surface area contributed by atoms with Crippen molar-refractivity contribution in [3.05, 3.63) is 77.2 Å². The lowest BCUT2D eigenvalue weighted by Crippen LogP contribution is -1.98. The number of aryl methyl sites for hydroxylation is 1. The van der Waals surface area contributed by atoms with Crippen LogP contribution in [0.1, 0.15) is 17.4 Å². The average Bonchev–Trinajstić information content (AvgIpc) is 3.10. The molecule has 4 aromatic rings. The zero-order valence-corrected chi connectivity index (χ0v) is 16.7. The average molecular weight is 388 g/mol. The fraction of sp³-hybridized carbons (Fsp3) is 0.130. The van der Waals surface area contributed by atoms with Gasteiger partial charge in [-0.25, -0.2) is 4.98 Å². The lowest BCUT2D eigenvalue weighted by Gasteiger charge is -2.10. The number of fused-ring (bicyclic) bond motifs is 1. The van der Waals surface area contributed by atoms with Crippen LogP contribution in [0.25, 0.3) is 22.0 Å². The predicted molar refractivity (Wildman–Crippen MR) is 119 cm³/mol. The maximum absolute atomic E-state index is 5.80. The van der Waals surface area contributed by atoms with Crippen LogP contribution < -0.4 is 10.2 Å². The number of ether oxygens (including phenoxy) is 1. The molecular weight excluding hydrogens is 366 g/mol. The van der Waals surface area contributed by atoms with Gasteiger partial charge in [0, 0.05) is 16.0 Å². The summed E-state index contributed by atoms with van der Waals surface area (Å²) in [7, 11) is 0. The summed E-state index contributed by atoms with van der Waals surface area (Å²) >= 11 is 1.60. The number of hydrogen-bond donors (Lipinski definition) is 1. The van der Waals surface area contributed by atoms with E-state index in [0.29, 0.717) is 6.61 Å². The second-order valence-electron chi connectivity index (χ2n) is 6.29. The summed E-state index contributed by atoms with van der Waals surface area (Å²) < 4.78 is 5.80. The molecule has 0 amide bonds. The minimum absolute atomic E-state index is 0.610. The Morgan fingerprint density at radius 2 is 1.82 bits per heavy atom. The SMILES string of the molecule is CCOc1ccc2ccccc2c1/C=N/Nc1nc(-c2ccccc2)c(C)s1. The van der Waals surface area contributed by atoms with Gasteiger partial charge in [-0.05, 0) is 30.7 Å². The molecule has 0 fully saturated rings. The predicted octanol–water partition coefficient (Wildman–Crippen LogP) is 6.12. The first kappa shape index (κ1) is 18.2. The molecule has 0 radical (unpaired) electrons. The molecule has 0 aliphatic rings. The van der Waals surface area contributed by atoms with Gasteiger partial charge in [0.2, 0.25) is 5.13 Å². The molecule has 0 bridgehead atoms. The molecule has 0 aliphatic carbocycles. The van der Waals surface area contributed by atoms with Gasteiger partial charge in [0.05, 0.1) is 18.5 Å². The molecule has 1 heterocycles. The smallest absolute Gasteiger partial charge is 0.204 e. The van der Waals surface area contributed by atoms with Crippen LogP contribution in [0.3, 0.4) is 0 Å². The van der Waals surface area contributed by atoms with Gasteiger partial charge in [-0.15, -0.1) is 11.3 Å². The molecule has 0 unspecified atom stereocenters. The number of rotatable bonds is 6. The number of aromatic nitrogens is 1. The molecule has 0 atom stereocenters. The summed E-state index contributed by atoms with van der Waals surface area (Å²) in [6, 6.07) is 22.5. The van der Waals surface area contributed by atoms with E-state index in [1.165, 1.54) is 0 Å². The van der Waals surface area contributed by atoms with E-state index in [1.807, 2.05) is 49.5 Å². The van der Waals surface area contributed by atoms with Crippen LogP contribution in [-0.2, 0) is 0 Å². The third-order valence-corrected chi connectivity index (χ3v) is 5.30. The fourth-order valence-electron chi connectivity index (χ4n) is 3.15. The zero-order valence-electron chi connectivity index (χ0n) is 15.8. The fourth-order valence-corrected chi connectivity index (χ4v) is 3.94. The van der Waals surface area contributed by atoms with Crippen LogP contribution in [0, 0.1) is 6.92 Å². The van der Waals surface area contributed by atoms with Gasteiger partial charge in [-0.1, -0.05) is 60.7 Å². The quantitative estimate of drug-likeness (QED) is 0.320. The zero-order chi connectivity index (χ0) is 19.3. The normalized spacial score (nSPS) is 11.2. The second kappa shape index (κ2) is 8.23. The van der Waals surface area contributed by atoms with Crippen molar-refractivity contribution in [3.8, 4) is 17.0 Å². The lowest BCUT2D eigenvalue weighted by molar-refractivity contribution is 0.340. The van der Waals surface area contributed by atoms with Crippen LogP contribution >= 0.6 is 11.3 Å². The van der Waals surface area contributed by atoms with Crippen LogP contribution in [0.4, 0.5) is 5.13 Å². The van der Waals surface area contributed by atoms with Gasteiger partial charge in [-0.2, -0.15) is 5.10 Å². The van der Waals surface area contributed by atoms with E-state index in [-0.39, 0.29) is 0 Å². The molecule has 4 rings (SSSR count). The van der Waals surface area contributed by atoms with Crippen molar-refractivity contribution < 1.29 is 4.74 Å². The highest BCUT2D eigenvalue weighted by molar-refractivity contribution is 7.15. The van der Waals surface area contributed by atoms with E-state index < -0.39 is 0 Å². The molecule has 0 aliphatic heterocycles. The highest BCUT2D eigenvalue weighted by atomic mass is 32.1. The molecule has 0 saturated heterocycles. The topological polar surface area (TPSA) is 46.5 Å². The molecule has 28 heavy (non-hydrogen) atoms. The standard InChI is InChI=1S/C23H21N3OS/c1-3-27-21-14-13-17-9-7-8-12-19(17)20(21)15-24-26-23-25-22(16(2)28-23)18-10-5-4-6-11-18/h4-15H,3H2,1-2H3,(H,25,26)/b24-15+. The van der Waals surface area contributed by atoms with Crippen molar-refractivity contribution in [3.63, 3.8) is 0 Å². The van der Waals surface area contributed by atoms with Gasteiger partial charge >= 0.3 is 0 Å². The molecule has 5 heteroatoms. The Kier molecular flexibility index (Phi) is 5.35. The lowest BCUT2D eigenvalue weighted by atomic mass is 10.0. The summed E-state index contributed by atoms with van der Waals surface area (Å²) in [5.41, 5.74) is 6.14. The van der Waals surface area contributed by atoms with Crippen molar-refractivity contribution in [1.29, 1.82) is 0 Å². The maximum atomic E-state index is 5.80. The summed E-state index contributed by atoms with van der Waals surface area (Å²) in [5.74, 6) is 0.826. The molecule has 1 aromatic heterocycles. The van der Waals surface area contributed by atoms with E-state index in [1.54, 1.807) is 11.3 Å². The molecule has 4 nitrogen and oxygen atoms in total. The number of benzene rings is 3. The maximum Gasteiger partial charge on any atom is 0.204 e. The monoisotopic (exact) mass is 387 g/mol. The highest BCUT2D eigenvalue weighted by Crippen LogP contribution is 2.30. The summed E-state index contributed by atoms with van der Waals surface area (Å²) in [5, 5.41) is 7.48. The van der Waals surface area contributed by atoms with Crippen LogP contribution in [0.15, 0.2) is 71.8 Å². The third kappa shape index (κ3) is 3.75. The van der Waals surface area contributed by atoms with Crippen LogP contribution in [0.2, 0.25) is 0 Å². The first-order valence-corrected chi connectivity index (χ1v) is 10.0. The minimum atomic E-state index is 0.610. The van der Waals surface area contributed by atoms with E-state index >= 15 is 0 Å². The van der Waals surface area contributed by atoms with E-state index in [4.69, 9.17) is 9.72 Å². The summed E-state index contributed by atoms with van der Waals surface area (Å²) in [6.07, 6.45) is 1.81. The van der Waals surface area contributed by atoms with E-state index in [2.05, 4.69) is 47.8 Å². The van der Waals surface area contributed by atoms with Crippen molar-refractivity contribution in [2.45, 2.75) is 13.8 Å². The van der Waals surface area contributed by atoms with E-state index in [9.17, 15) is 0 Å². The molecule has 0 saturated carbocycles. The van der Waals surface area contributed by atoms with Crippen molar-refractivity contribution in [1.82, 2.24) is 4.98 Å². The largest absolute Gasteiger partial charge is 0.493 e. The van der Waals surface area contributed by atoms with Gasteiger partial charge < -0.3 is 4.74 Å². The van der Waals surface area contributed by atoms with Gasteiger partial charge in [0.1, 0.15) is 5.75 Å². The third-order valence-electron chi connectivity index (χ3n) is 4.43. The summed E-state index contributed by atoms with van der Waals surface area (Å²) in [4.78, 5) is 5.85. The molecule has 0 spiro atoms. The summed E-state index contributed by atoms with van der Waals surface area (Å²) in [6.45, 7) is 4.67. The first-order chi connectivity index (χ1) is 13.8. The Bertz CT molecular complexity index is 1120. The Hall–Kier alpha value is -3.18. The molecule has 3 aromatic carbocycles. The van der Waals surface area contributed by atoms with Gasteiger partial charge in [-0.3, -0.25) is 5.43 Å².